The van der Waals surface area contributed by atoms with Crippen LogP contribution in [0, 0.1) is 5.92 Å². The number of piperidine rings is 1. The summed E-state index contributed by atoms with van der Waals surface area (Å²) in [6.45, 7) is 4.28. The average Bonchev–Trinajstić information content (AvgIpc) is 2.74. The van der Waals surface area contributed by atoms with Crippen LogP contribution in [0.15, 0.2) is 48.7 Å². The number of hydrogen-bond donors (Lipinski definition) is 0. The van der Waals surface area contributed by atoms with Crippen LogP contribution in [0.25, 0.3) is 0 Å². The van der Waals surface area contributed by atoms with Crippen molar-refractivity contribution in [1.82, 2.24) is 14.8 Å². The molecule has 150 valence electrons. The number of pyridine rings is 1. The third-order valence-corrected chi connectivity index (χ3v) is 5.46. The Morgan fingerprint density at radius 3 is 2.50 bits per heavy atom. The number of ether oxygens (including phenoxy) is 1. The highest BCUT2D eigenvalue weighted by Gasteiger charge is 2.24. The lowest BCUT2D eigenvalue weighted by Crippen LogP contribution is -2.39. The van der Waals surface area contributed by atoms with Gasteiger partial charge >= 0.3 is 0 Å². The summed E-state index contributed by atoms with van der Waals surface area (Å²) in [7, 11) is 3.86. The second kappa shape index (κ2) is 10.3. The maximum absolute atomic E-state index is 12.5. The quantitative estimate of drug-likeness (QED) is 0.704. The molecule has 5 heteroatoms. The third kappa shape index (κ3) is 5.88. The minimum atomic E-state index is 0.0565. The Balaban J connectivity index is 1.45. The van der Waals surface area contributed by atoms with E-state index in [9.17, 15) is 4.79 Å². The van der Waals surface area contributed by atoms with E-state index in [0.29, 0.717) is 11.6 Å². The van der Waals surface area contributed by atoms with Crippen LogP contribution in [0.2, 0.25) is 0 Å². The molecule has 1 aliphatic rings. The summed E-state index contributed by atoms with van der Waals surface area (Å²) >= 11 is 0. The number of carbonyl (C=O) groups excluding carboxylic acids is 1. The van der Waals surface area contributed by atoms with Gasteiger partial charge in [-0.2, -0.15) is 0 Å². The Labute approximate surface area is 168 Å². The number of rotatable bonds is 8. The second-order valence-electron chi connectivity index (χ2n) is 7.70. The van der Waals surface area contributed by atoms with Crippen LogP contribution < -0.4 is 0 Å². The summed E-state index contributed by atoms with van der Waals surface area (Å²) in [6, 6.07) is 14.5. The molecule has 2 heterocycles. The number of benzene rings is 1. The van der Waals surface area contributed by atoms with Crippen LogP contribution in [0.4, 0.5) is 0 Å². The summed E-state index contributed by atoms with van der Waals surface area (Å²) < 4.78 is 5.13. The van der Waals surface area contributed by atoms with Crippen LogP contribution in [0.3, 0.4) is 0 Å². The Kier molecular flexibility index (Phi) is 7.57. The highest BCUT2D eigenvalue weighted by Crippen LogP contribution is 2.23. The number of methoxy groups -OCH3 is 1. The maximum atomic E-state index is 12.5. The van der Waals surface area contributed by atoms with Crippen molar-refractivity contribution in [1.29, 1.82) is 0 Å². The smallest absolute Gasteiger partial charge is 0.272 e. The number of carbonyl (C=O) groups is 1. The molecule has 28 heavy (non-hydrogen) atoms. The standard InChI is InChI=1S/C23H31N3O2/c1-25(15-16-28-2)18-21-8-6-19(7-9-21)17-20-10-13-26(14-11-20)23(27)22-5-3-4-12-24-22/h3-9,12,20H,10-11,13-18H2,1-2H3. The summed E-state index contributed by atoms with van der Waals surface area (Å²) in [6.07, 6.45) is 4.88. The van der Waals surface area contributed by atoms with E-state index in [1.807, 2.05) is 17.0 Å². The molecule has 1 fully saturated rings. The van der Waals surface area contributed by atoms with E-state index in [2.05, 4.69) is 41.2 Å². The van der Waals surface area contributed by atoms with Gasteiger partial charge in [-0.05, 0) is 55.5 Å². The van der Waals surface area contributed by atoms with Gasteiger partial charge in [0, 0.05) is 39.5 Å². The van der Waals surface area contributed by atoms with Gasteiger partial charge in [-0.3, -0.25) is 14.7 Å². The van der Waals surface area contributed by atoms with E-state index in [1.165, 1.54) is 11.1 Å². The summed E-state index contributed by atoms with van der Waals surface area (Å²) in [5.74, 6) is 0.698. The molecule has 1 amide bonds. The number of amides is 1. The fraction of sp³-hybridized carbons (Fsp3) is 0.478. The molecule has 1 saturated heterocycles. The lowest BCUT2D eigenvalue weighted by atomic mass is 9.90. The number of likely N-dealkylation sites (tertiary alicyclic amines) is 1. The second-order valence-corrected chi connectivity index (χ2v) is 7.70. The van der Waals surface area contributed by atoms with E-state index < -0.39 is 0 Å². The van der Waals surface area contributed by atoms with Crippen LogP contribution in [0.1, 0.15) is 34.5 Å². The molecular weight excluding hydrogens is 350 g/mol. The van der Waals surface area contributed by atoms with Gasteiger partial charge in [-0.15, -0.1) is 0 Å². The summed E-state index contributed by atoms with van der Waals surface area (Å²) in [5, 5.41) is 0. The Bertz CT molecular complexity index is 725. The third-order valence-electron chi connectivity index (χ3n) is 5.46. The van der Waals surface area contributed by atoms with Crippen molar-refractivity contribution in [3.05, 3.63) is 65.5 Å². The molecule has 0 N–H and O–H groups in total. The first-order valence-corrected chi connectivity index (χ1v) is 10.1. The molecule has 0 unspecified atom stereocenters. The molecule has 0 bridgehead atoms. The van der Waals surface area contributed by atoms with Crippen molar-refractivity contribution in [3.8, 4) is 0 Å². The highest BCUT2D eigenvalue weighted by atomic mass is 16.5. The normalized spacial score (nSPS) is 15.2. The number of hydrogen-bond acceptors (Lipinski definition) is 4. The van der Waals surface area contributed by atoms with E-state index >= 15 is 0 Å². The van der Waals surface area contributed by atoms with Crippen molar-refractivity contribution < 1.29 is 9.53 Å². The minimum absolute atomic E-state index is 0.0565. The average molecular weight is 382 g/mol. The predicted molar refractivity (Wildman–Crippen MR) is 111 cm³/mol. The highest BCUT2D eigenvalue weighted by molar-refractivity contribution is 5.92. The van der Waals surface area contributed by atoms with Gasteiger partial charge in [0.25, 0.3) is 5.91 Å². The number of likely N-dealkylation sites (N-methyl/N-ethyl adjacent to an activating group) is 1. The topological polar surface area (TPSA) is 45.7 Å². The monoisotopic (exact) mass is 381 g/mol. The summed E-state index contributed by atoms with van der Waals surface area (Å²) in [4.78, 5) is 20.9. The summed E-state index contributed by atoms with van der Waals surface area (Å²) in [5.41, 5.74) is 3.27. The first kappa shape index (κ1) is 20.5. The molecule has 0 spiro atoms. The Hall–Kier alpha value is -2.24. The number of nitrogens with zero attached hydrogens (tertiary/aromatic N) is 3. The minimum Gasteiger partial charge on any atom is -0.383 e. The van der Waals surface area contributed by atoms with Gasteiger partial charge in [0.2, 0.25) is 0 Å². The maximum Gasteiger partial charge on any atom is 0.272 e. The largest absolute Gasteiger partial charge is 0.383 e. The molecular formula is C23H31N3O2. The van der Waals surface area contributed by atoms with Crippen molar-refractivity contribution in [2.24, 2.45) is 5.92 Å². The van der Waals surface area contributed by atoms with Crippen LogP contribution in [-0.2, 0) is 17.7 Å². The fourth-order valence-corrected chi connectivity index (χ4v) is 3.74. The molecule has 0 aliphatic carbocycles. The van der Waals surface area contributed by atoms with Gasteiger partial charge in [-0.1, -0.05) is 30.3 Å². The van der Waals surface area contributed by atoms with Crippen molar-refractivity contribution in [2.75, 3.05) is 40.4 Å². The lowest BCUT2D eigenvalue weighted by Gasteiger charge is -2.32. The van der Waals surface area contributed by atoms with Crippen molar-refractivity contribution in [3.63, 3.8) is 0 Å². The van der Waals surface area contributed by atoms with Crippen LogP contribution in [0.5, 0.6) is 0 Å². The Morgan fingerprint density at radius 1 is 1.14 bits per heavy atom. The molecule has 5 nitrogen and oxygen atoms in total. The fourth-order valence-electron chi connectivity index (χ4n) is 3.74. The van der Waals surface area contributed by atoms with E-state index in [-0.39, 0.29) is 5.91 Å². The molecule has 0 radical (unpaired) electrons. The SMILES string of the molecule is COCCN(C)Cc1ccc(CC2CCN(C(=O)c3ccccn3)CC2)cc1. The van der Waals surface area contributed by atoms with E-state index in [4.69, 9.17) is 4.74 Å². The molecule has 1 aliphatic heterocycles. The van der Waals surface area contributed by atoms with Gasteiger partial charge in [0.1, 0.15) is 5.69 Å². The van der Waals surface area contributed by atoms with Crippen LogP contribution in [-0.4, -0.2) is 61.1 Å². The zero-order valence-electron chi connectivity index (χ0n) is 17.0. The number of aromatic nitrogens is 1. The van der Waals surface area contributed by atoms with Gasteiger partial charge in [0.15, 0.2) is 0 Å². The zero-order chi connectivity index (χ0) is 19.8. The molecule has 1 aromatic heterocycles. The van der Waals surface area contributed by atoms with Crippen LogP contribution >= 0.6 is 0 Å². The lowest BCUT2D eigenvalue weighted by molar-refractivity contribution is 0.0684. The molecule has 2 aromatic rings. The molecule has 1 aromatic carbocycles. The zero-order valence-corrected chi connectivity index (χ0v) is 17.0. The molecule has 3 rings (SSSR count). The molecule has 0 atom stereocenters. The first-order valence-electron chi connectivity index (χ1n) is 10.1. The van der Waals surface area contributed by atoms with E-state index in [1.54, 1.807) is 19.4 Å². The van der Waals surface area contributed by atoms with Crippen molar-refractivity contribution >= 4 is 5.91 Å². The van der Waals surface area contributed by atoms with Crippen molar-refractivity contribution in [2.45, 2.75) is 25.8 Å². The van der Waals surface area contributed by atoms with E-state index in [0.717, 1.165) is 52.0 Å². The van der Waals surface area contributed by atoms with Gasteiger partial charge in [0.05, 0.1) is 6.61 Å². The Morgan fingerprint density at radius 2 is 1.86 bits per heavy atom. The first-order chi connectivity index (χ1) is 13.7. The predicted octanol–water partition coefficient (Wildman–Crippen LogP) is 3.25. The van der Waals surface area contributed by atoms with Gasteiger partial charge < -0.3 is 9.64 Å². The van der Waals surface area contributed by atoms with Gasteiger partial charge in [-0.25, -0.2) is 0 Å². The molecule has 0 saturated carbocycles.